The fraction of sp³-hybridized carbons (Fsp3) is 0.391. The average Bonchev–Trinajstić information content (AvgIpc) is 2.77. The maximum Gasteiger partial charge on any atom is 0.317 e. The monoisotopic (exact) mass is 394 g/mol. The zero-order chi connectivity index (χ0) is 20.5. The number of urea groups is 1. The first kappa shape index (κ1) is 20.9. The number of amides is 3. The molecule has 2 aromatic carbocycles. The number of carbonyl (C=O) groups is 2. The lowest BCUT2D eigenvalue weighted by atomic mass is 10.2. The third-order valence-corrected chi connectivity index (χ3v) is 5.25. The zero-order valence-corrected chi connectivity index (χ0v) is 17.1. The predicted molar refractivity (Wildman–Crippen MR) is 114 cm³/mol. The van der Waals surface area contributed by atoms with E-state index >= 15 is 0 Å². The topological polar surface area (TPSA) is 55.9 Å². The van der Waals surface area contributed by atoms with Gasteiger partial charge in [-0.25, -0.2) is 4.79 Å². The van der Waals surface area contributed by atoms with Crippen LogP contribution in [0.5, 0.6) is 0 Å². The minimum absolute atomic E-state index is 0.0315. The number of carbonyl (C=O) groups excluding carboxylic acids is 2. The molecule has 0 bridgehead atoms. The van der Waals surface area contributed by atoms with E-state index in [1.54, 1.807) is 9.80 Å². The van der Waals surface area contributed by atoms with Gasteiger partial charge in [-0.3, -0.25) is 9.69 Å². The smallest absolute Gasteiger partial charge is 0.317 e. The Labute approximate surface area is 173 Å². The number of benzene rings is 2. The molecule has 1 heterocycles. The van der Waals surface area contributed by atoms with Crippen LogP contribution in [-0.2, 0) is 17.9 Å². The van der Waals surface area contributed by atoms with Crippen LogP contribution in [0.4, 0.5) is 4.79 Å². The number of likely N-dealkylation sites (N-methyl/N-ethyl adjacent to an activating group) is 1. The molecule has 2 aromatic rings. The molecule has 0 radical (unpaired) electrons. The van der Waals surface area contributed by atoms with Crippen LogP contribution in [0.25, 0.3) is 0 Å². The summed E-state index contributed by atoms with van der Waals surface area (Å²) >= 11 is 0. The van der Waals surface area contributed by atoms with Crippen LogP contribution in [0.1, 0.15) is 18.1 Å². The molecule has 0 saturated carbocycles. The van der Waals surface area contributed by atoms with Crippen molar-refractivity contribution in [2.45, 2.75) is 20.0 Å². The standard InChI is InChI=1S/C23H30N4O2/c1-2-26(19-21-11-7-4-8-12-21)22(28)17-24-23(29)27-15-13-25(14-16-27)18-20-9-5-3-6-10-20/h3-12H,2,13-19H2,1H3,(H,24,29). The van der Waals surface area contributed by atoms with Crippen LogP contribution < -0.4 is 5.32 Å². The van der Waals surface area contributed by atoms with Crippen LogP contribution in [-0.4, -0.2) is 65.9 Å². The molecule has 1 aliphatic heterocycles. The maximum atomic E-state index is 12.5. The molecule has 1 N–H and O–H groups in total. The van der Waals surface area contributed by atoms with Crippen molar-refractivity contribution < 1.29 is 9.59 Å². The van der Waals surface area contributed by atoms with E-state index in [4.69, 9.17) is 0 Å². The van der Waals surface area contributed by atoms with E-state index in [1.807, 2.05) is 55.5 Å². The van der Waals surface area contributed by atoms with Gasteiger partial charge < -0.3 is 15.1 Å². The molecule has 6 nitrogen and oxygen atoms in total. The van der Waals surface area contributed by atoms with Gasteiger partial charge in [0.15, 0.2) is 0 Å². The summed E-state index contributed by atoms with van der Waals surface area (Å²) in [5.74, 6) is -0.0626. The van der Waals surface area contributed by atoms with Crippen LogP contribution in [0.3, 0.4) is 0 Å². The van der Waals surface area contributed by atoms with Crippen LogP contribution in [0.2, 0.25) is 0 Å². The van der Waals surface area contributed by atoms with Crippen molar-refractivity contribution in [3.05, 3.63) is 71.8 Å². The Bertz CT molecular complexity index is 774. The van der Waals surface area contributed by atoms with Crippen molar-refractivity contribution >= 4 is 11.9 Å². The highest BCUT2D eigenvalue weighted by Crippen LogP contribution is 2.09. The largest absolute Gasteiger partial charge is 0.337 e. The number of nitrogens with zero attached hydrogens (tertiary/aromatic N) is 3. The first-order valence-electron chi connectivity index (χ1n) is 10.3. The highest BCUT2D eigenvalue weighted by Gasteiger charge is 2.22. The predicted octanol–water partition coefficient (Wildman–Crippen LogP) is 2.56. The van der Waals surface area contributed by atoms with Gasteiger partial charge in [-0.15, -0.1) is 0 Å². The zero-order valence-electron chi connectivity index (χ0n) is 17.1. The van der Waals surface area contributed by atoms with Gasteiger partial charge in [0, 0.05) is 45.8 Å². The van der Waals surface area contributed by atoms with Gasteiger partial charge in [0.05, 0.1) is 6.54 Å². The molecular weight excluding hydrogens is 364 g/mol. The van der Waals surface area contributed by atoms with Crippen molar-refractivity contribution in [3.63, 3.8) is 0 Å². The van der Waals surface area contributed by atoms with Crippen molar-refractivity contribution in [2.75, 3.05) is 39.3 Å². The number of hydrogen-bond donors (Lipinski definition) is 1. The van der Waals surface area contributed by atoms with E-state index in [2.05, 4.69) is 22.3 Å². The summed E-state index contributed by atoms with van der Waals surface area (Å²) in [6.07, 6.45) is 0. The first-order valence-corrected chi connectivity index (χ1v) is 10.3. The molecule has 3 amide bonds. The van der Waals surface area contributed by atoms with Gasteiger partial charge in [-0.1, -0.05) is 60.7 Å². The SMILES string of the molecule is CCN(Cc1ccccc1)C(=O)CNC(=O)N1CCN(Cc2ccccc2)CC1. The molecule has 29 heavy (non-hydrogen) atoms. The normalized spacial score (nSPS) is 14.4. The van der Waals surface area contributed by atoms with E-state index in [-0.39, 0.29) is 18.5 Å². The van der Waals surface area contributed by atoms with E-state index in [1.165, 1.54) is 5.56 Å². The molecule has 154 valence electrons. The van der Waals surface area contributed by atoms with Gasteiger partial charge in [0.1, 0.15) is 0 Å². The summed E-state index contributed by atoms with van der Waals surface area (Å²) in [5, 5.41) is 2.79. The summed E-state index contributed by atoms with van der Waals surface area (Å²) in [6, 6.07) is 20.1. The number of nitrogens with one attached hydrogen (secondary N) is 1. The second-order valence-electron chi connectivity index (χ2n) is 7.30. The minimum Gasteiger partial charge on any atom is -0.337 e. The Hall–Kier alpha value is -2.86. The second kappa shape index (κ2) is 10.6. The lowest BCUT2D eigenvalue weighted by Crippen LogP contribution is -2.52. The number of rotatable bonds is 7. The van der Waals surface area contributed by atoms with Crippen molar-refractivity contribution in [1.29, 1.82) is 0 Å². The Morgan fingerprint density at radius 3 is 2.07 bits per heavy atom. The third-order valence-electron chi connectivity index (χ3n) is 5.25. The third kappa shape index (κ3) is 6.32. The first-order chi connectivity index (χ1) is 14.2. The van der Waals surface area contributed by atoms with E-state index < -0.39 is 0 Å². The van der Waals surface area contributed by atoms with Gasteiger partial charge in [0.25, 0.3) is 0 Å². The van der Waals surface area contributed by atoms with E-state index in [9.17, 15) is 9.59 Å². The molecule has 1 aliphatic rings. The van der Waals surface area contributed by atoms with Crippen molar-refractivity contribution in [1.82, 2.24) is 20.0 Å². The summed E-state index contributed by atoms with van der Waals surface area (Å²) in [7, 11) is 0. The van der Waals surface area contributed by atoms with Crippen molar-refractivity contribution in [3.8, 4) is 0 Å². The van der Waals surface area contributed by atoms with Crippen molar-refractivity contribution in [2.24, 2.45) is 0 Å². The molecule has 1 fully saturated rings. The molecule has 0 aromatic heterocycles. The Balaban J connectivity index is 1.40. The Morgan fingerprint density at radius 1 is 0.897 bits per heavy atom. The summed E-state index contributed by atoms with van der Waals surface area (Å²) < 4.78 is 0. The molecule has 0 unspecified atom stereocenters. The molecule has 0 atom stereocenters. The highest BCUT2D eigenvalue weighted by atomic mass is 16.2. The van der Waals surface area contributed by atoms with Crippen LogP contribution in [0.15, 0.2) is 60.7 Å². The summed E-state index contributed by atoms with van der Waals surface area (Å²) in [4.78, 5) is 30.9. The summed E-state index contributed by atoms with van der Waals surface area (Å²) in [6.45, 7) is 7.09. The minimum atomic E-state index is -0.159. The Morgan fingerprint density at radius 2 is 1.48 bits per heavy atom. The number of hydrogen-bond acceptors (Lipinski definition) is 3. The highest BCUT2D eigenvalue weighted by molar-refractivity contribution is 5.84. The fourth-order valence-electron chi connectivity index (χ4n) is 3.51. The maximum absolute atomic E-state index is 12.5. The lowest BCUT2D eigenvalue weighted by Gasteiger charge is -2.34. The van der Waals surface area contributed by atoms with E-state index in [0.717, 1.165) is 25.2 Å². The van der Waals surface area contributed by atoms with E-state index in [0.29, 0.717) is 26.2 Å². The molecule has 0 spiro atoms. The fourth-order valence-corrected chi connectivity index (χ4v) is 3.51. The molecule has 3 rings (SSSR count). The Kier molecular flexibility index (Phi) is 7.64. The average molecular weight is 395 g/mol. The van der Waals surface area contributed by atoms with Crippen LogP contribution in [0, 0.1) is 0 Å². The van der Waals surface area contributed by atoms with Gasteiger partial charge in [0.2, 0.25) is 5.91 Å². The lowest BCUT2D eigenvalue weighted by molar-refractivity contribution is -0.130. The molecular formula is C23H30N4O2. The molecule has 6 heteroatoms. The van der Waals surface area contributed by atoms with Gasteiger partial charge >= 0.3 is 6.03 Å². The molecule has 0 aliphatic carbocycles. The molecule has 1 saturated heterocycles. The number of piperazine rings is 1. The van der Waals surface area contributed by atoms with Gasteiger partial charge in [-0.05, 0) is 18.1 Å². The van der Waals surface area contributed by atoms with Crippen LogP contribution >= 0.6 is 0 Å². The van der Waals surface area contributed by atoms with Gasteiger partial charge in [-0.2, -0.15) is 0 Å². The summed E-state index contributed by atoms with van der Waals surface area (Å²) in [5.41, 5.74) is 2.37. The second-order valence-corrected chi connectivity index (χ2v) is 7.30. The quantitative estimate of drug-likeness (QED) is 0.785.